The lowest BCUT2D eigenvalue weighted by Gasteiger charge is -2.12. The first-order chi connectivity index (χ1) is 12.1. The molecule has 5 nitrogen and oxygen atoms in total. The summed E-state index contributed by atoms with van der Waals surface area (Å²) in [6.45, 7) is 2.08. The molecule has 0 amide bonds. The molecule has 1 aromatic carbocycles. The van der Waals surface area contributed by atoms with Gasteiger partial charge in [0.05, 0.1) is 19.3 Å². The summed E-state index contributed by atoms with van der Waals surface area (Å²) in [5.74, 6) is 0.0258. The fourth-order valence-electron chi connectivity index (χ4n) is 2.31. The summed E-state index contributed by atoms with van der Waals surface area (Å²) in [6, 6.07) is 9.70. The van der Waals surface area contributed by atoms with Crippen molar-refractivity contribution in [3.63, 3.8) is 0 Å². The average molecular weight is 419 g/mol. The van der Waals surface area contributed by atoms with Crippen LogP contribution < -0.4 is 4.74 Å². The maximum absolute atomic E-state index is 12.4. The van der Waals surface area contributed by atoms with Gasteiger partial charge in [-0.05, 0) is 37.3 Å². The second kappa shape index (κ2) is 7.84. The number of aromatic nitrogens is 2. The Hall–Kier alpha value is -2.12. The first-order valence-corrected chi connectivity index (χ1v) is 9.17. The summed E-state index contributed by atoms with van der Waals surface area (Å²) >= 11 is 4.91. The number of halogens is 1. The van der Waals surface area contributed by atoms with E-state index in [1.165, 1.54) is 18.0 Å². The van der Waals surface area contributed by atoms with Crippen molar-refractivity contribution in [2.45, 2.75) is 16.7 Å². The van der Waals surface area contributed by atoms with E-state index in [1.54, 1.807) is 20.2 Å². The molecule has 0 fully saturated rings. The largest absolute Gasteiger partial charge is 0.479 e. The summed E-state index contributed by atoms with van der Waals surface area (Å²) in [5.41, 5.74) is 1.04. The minimum Gasteiger partial charge on any atom is -0.479 e. The fraction of sp³-hybridized carbons (Fsp3) is 0.167. The Bertz CT molecular complexity index is 916. The van der Waals surface area contributed by atoms with Crippen LogP contribution in [0.2, 0.25) is 0 Å². The van der Waals surface area contributed by atoms with E-state index in [0.29, 0.717) is 23.6 Å². The number of ether oxygens (including phenoxy) is 2. The van der Waals surface area contributed by atoms with Crippen LogP contribution in [-0.4, -0.2) is 29.7 Å². The SMILES string of the molecule is CCOC(=O)c1cnc2c(OC)nccc2c1Sc1ccc(Br)cc1. The van der Waals surface area contributed by atoms with Crippen LogP contribution in [0.15, 0.2) is 57.0 Å². The summed E-state index contributed by atoms with van der Waals surface area (Å²) in [5, 5.41) is 0.797. The third kappa shape index (κ3) is 3.77. The quantitative estimate of drug-likeness (QED) is 0.558. The van der Waals surface area contributed by atoms with E-state index in [0.717, 1.165) is 19.6 Å². The lowest BCUT2D eigenvalue weighted by molar-refractivity contribution is 0.0522. The molecular formula is C18H15BrN2O3S. The molecule has 0 aliphatic rings. The molecule has 3 rings (SSSR count). The number of carbonyl (C=O) groups is 1. The van der Waals surface area contributed by atoms with Crippen molar-refractivity contribution in [3.8, 4) is 5.88 Å². The Morgan fingerprint density at radius 3 is 2.64 bits per heavy atom. The summed E-state index contributed by atoms with van der Waals surface area (Å²) in [6.07, 6.45) is 3.16. The standard InChI is InChI=1S/C18H15BrN2O3S/c1-3-24-18(22)14-10-21-15-13(8-9-20-17(15)23-2)16(14)25-12-6-4-11(19)5-7-12/h4-10H,3H2,1-2H3. The number of fused-ring (bicyclic) bond motifs is 1. The number of pyridine rings is 2. The van der Waals surface area contributed by atoms with Crippen LogP contribution in [0.1, 0.15) is 17.3 Å². The molecule has 0 unspecified atom stereocenters. The molecule has 7 heteroatoms. The number of hydrogen-bond donors (Lipinski definition) is 0. The van der Waals surface area contributed by atoms with Gasteiger partial charge in [-0.25, -0.2) is 14.8 Å². The average Bonchev–Trinajstić information content (AvgIpc) is 2.63. The second-order valence-corrected chi connectivity index (χ2v) is 6.99. The smallest absolute Gasteiger partial charge is 0.340 e. The molecule has 0 atom stereocenters. The zero-order valence-corrected chi connectivity index (χ0v) is 16.1. The van der Waals surface area contributed by atoms with Crippen LogP contribution in [-0.2, 0) is 4.74 Å². The topological polar surface area (TPSA) is 61.3 Å². The highest BCUT2D eigenvalue weighted by Gasteiger charge is 2.19. The Balaban J connectivity index is 2.17. The van der Waals surface area contributed by atoms with Crippen molar-refractivity contribution >= 4 is 44.6 Å². The molecule has 0 radical (unpaired) electrons. The lowest BCUT2D eigenvalue weighted by atomic mass is 10.2. The molecule has 0 bridgehead atoms. The van der Waals surface area contributed by atoms with Crippen molar-refractivity contribution < 1.29 is 14.3 Å². The van der Waals surface area contributed by atoms with Crippen molar-refractivity contribution in [2.75, 3.05) is 13.7 Å². The van der Waals surface area contributed by atoms with Crippen LogP contribution >= 0.6 is 27.7 Å². The highest BCUT2D eigenvalue weighted by Crippen LogP contribution is 2.38. The molecule has 2 aromatic heterocycles. The minimum atomic E-state index is -0.396. The zero-order chi connectivity index (χ0) is 17.8. The Morgan fingerprint density at radius 2 is 1.96 bits per heavy atom. The maximum Gasteiger partial charge on any atom is 0.340 e. The Morgan fingerprint density at radius 1 is 1.20 bits per heavy atom. The van der Waals surface area contributed by atoms with Crippen molar-refractivity contribution in [1.82, 2.24) is 9.97 Å². The van der Waals surface area contributed by atoms with Crippen LogP contribution in [0.25, 0.3) is 10.9 Å². The monoisotopic (exact) mass is 418 g/mol. The van der Waals surface area contributed by atoms with Gasteiger partial charge in [0.15, 0.2) is 0 Å². The summed E-state index contributed by atoms with van der Waals surface area (Å²) in [4.78, 5) is 22.7. The van der Waals surface area contributed by atoms with Gasteiger partial charge in [0.25, 0.3) is 0 Å². The van der Waals surface area contributed by atoms with Crippen molar-refractivity contribution in [3.05, 3.63) is 52.8 Å². The van der Waals surface area contributed by atoms with E-state index in [-0.39, 0.29) is 0 Å². The van der Waals surface area contributed by atoms with E-state index in [1.807, 2.05) is 30.3 Å². The molecule has 0 spiro atoms. The van der Waals surface area contributed by atoms with E-state index >= 15 is 0 Å². The van der Waals surface area contributed by atoms with Gasteiger partial charge in [-0.2, -0.15) is 0 Å². The zero-order valence-electron chi connectivity index (χ0n) is 13.7. The lowest BCUT2D eigenvalue weighted by Crippen LogP contribution is -2.07. The van der Waals surface area contributed by atoms with Crippen molar-refractivity contribution in [2.24, 2.45) is 0 Å². The number of benzene rings is 1. The number of hydrogen-bond acceptors (Lipinski definition) is 6. The second-order valence-electron chi connectivity index (χ2n) is 4.99. The number of carbonyl (C=O) groups excluding carboxylic acids is 1. The molecule has 0 aliphatic carbocycles. The van der Waals surface area contributed by atoms with Gasteiger partial charge in [0.2, 0.25) is 5.88 Å². The normalized spacial score (nSPS) is 10.7. The van der Waals surface area contributed by atoms with Crippen molar-refractivity contribution in [1.29, 1.82) is 0 Å². The highest BCUT2D eigenvalue weighted by atomic mass is 79.9. The molecule has 25 heavy (non-hydrogen) atoms. The van der Waals surface area contributed by atoms with Gasteiger partial charge in [0, 0.05) is 32.0 Å². The summed E-state index contributed by atoms with van der Waals surface area (Å²) < 4.78 is 11.5. The molecular weight excluding hydrogens is 404 g/mol. The molecule has 2 heterocycles. The van der Waals surface area contributed by atoms with Crippen LogP contribution in [0.3, 0.4) is 0 Å². The molecule has 0 aliphatic heterocycles. The summed E-state index contributed by atoms with van der Waals surface area (Å²) in [7, 11) is 1.55. The minimum absolute atomic E-state index is 0.304. The van der Waals surface area contributed by atoms with Crippen LogP contribution in [0.4, 0.5) is 0 Å². The van der Waals surface area contributed by atoms with E-state index in [9.17, 15) is 4.79 Å². The predicted molar refractivity (Wildman–Crippen MR) is 100 cm³/mol. The highest BCUT2D eigenvalue weighted by molar-refractivity contribution is 9.10. The van der Waals surface area contributed by atoms with Gasteiger partial charge in [-0.3, -0.25) is 0 Å². The Kier molecular flexibility index (Phi) is 5.55. The number of rotatable bonds is 5. The van der Waals surface area contributed by atoms with Crippen LogP contribution in [0, 0.1) is 0 Å². The van der Waals surface area contributed by atoms with E-state index in [2.05, 4.69) is 25.9 Å². The number of nitrogens with zero attached hydrogens (tertiary/aromatic N) is 2. The van der Waals surface area contributed by atoms with Crippen LogP contribution in [0.5, 0.6) is 5.88 Å². The first-order valence-electron chi connectivity index (χ1n) is 7.56. The predicted octanol–water partition coefficient (Wildman–Crippen LogP) is 4.73. The van der Waals surface area contributed by atoms with Gasteiger partial charge >= 0.3 is 5.97 Å². The molecule has 0 N–H and O–H groups in total. The first kappa shape index (κ1) is 17.7. The molecule has 128 valence electrons. The van der Waals surface area contributed by atoms with Gasteiger partial charge in [0.1, 0.15) is 5.52 Å². The van der Waals surface area contributed by atoms with Gasteiger partial charge < -0.3 is 9.47 Å². The van der Waals surface area contributed by atoms with Gasteiger partial charge in [-0.1, -0.05) is 27.7 Å². The third-order valence-corrected chi connectivity index (χ3v) is 5.11. The van der Waals surface area contributed by atoms with E-state index in [4.69, 9.17) is 9.47 Å². The van der Waals surface area contributed by atoms with Gasteiger partial charge in [-0.15, -0.1) is 0 Å². The third-order valence-electron chi connectivity index (χ3n) is 3.42. The molecule has 0 saturated carbocycles. The number of methoxy groups -OCH3 is 1. The van der Waals surface area contributed by atoms with E-state index < -0.39 is 5.97 Å². The fourth-order valence-corrected chi connectivity index (χ4v) is 3.60. The molecule has 0 saturated heterocycles. The molecule has 3 aromatic rings. The number of esters is 1. The Labute approximate surface area is 157 Å². The maximum atomic E-state index is 12.4.